The minimum absolute atomic E-state index is 0.444. The molecule has 0 aromatic carbocycles. The quantitative estimate of drug-likeness (QED) is 0.750. The Morgan fingerprint density at radius 2 is 2.36 bits per heavy atom. The maximum Gasteiger partial charge on any atom is 0.0666 e. The van der Waals surface area contributed by atoms with Crippen LogP contribution in [0.5, 0.6) is 0 Å². The Kier molecular flexibility index (Phi) is 3.16. The Balaban J connectivity index is 1.56. The van der Waals surface area contributed by atoms with E-state index in [0.29, 0.717) is 12.0 Å². The van der Waals surface area contributed by atoms with Crippen LogP contribution in [-0.2, 0) is 11.3 Å². The average Bonchev–Trinajstić information content (AvgIpc) is 2.61. The highest BCUT2D eigenvalue weighted by Gasteiger charge is 2.28. The largest absolute Gasteiger partial charge is 0.376 e. The molecule has 0 aliphatic heterocycles. The van der Waals surface area contributed by atoms with Gasteiger partial charge in [0.1, 0.15) is 0 Å². The molecular formula is C10H17N3O. The molecule has 0 radical (unpaired) electrons. The minimum atomic E-state index is 0.444. The van der Waals surface area contributed by atoms with Crippen LogP contribution in [0.15, 0.2) is 18.5 Å². The van der Waals surface area contributed by atoms with E-state index in [0.717, 1.165) is 32.5 Å². The fourth-order valence-electron chi connectivity index (χ4n) is 1.75. The number of ether oxygens (including phenoxy) is 1. The normalized spacial score (nSPS) is 26.1. The van der Waals surface area contributed by atoms with Crippen LogP contribution in [0.1, 0.15) is 12.8 Å². The van der Waals surface area contributed by atoms with Crippen molar-refractivity contribution in [3.8, 4) is 0 Å². The molecule has 14 heavy (non-hydrogen) atoms. The van der Waals surface area contributed by atoms with Gasteiger partial charge >= 0.3 is 0 Å². The Morgan fingerprint density at radius 3 is 3.00 bits per heavy atom. The van der Waals surface area contributed by atoms with Gasteiger partial charge < -0.3 is 10.5 Å². The predicted molar refractivity (Wildman–Crippen MR) is 53.7 cm³/mol. The summed E-state index contributed by atoms with van der Waals surface area (Å²) in [5.41, 5.74) is 5.53. The molecule has 1 heterocycles. The van der Waals surface area contributed by atoms with Crippen molar-refractivity contribution >= 4 is 0 Å². The summed E-state index contributed by atoms with van der Waals surface area (Å²) in [5.74, 6) is 0.699. The Labute approximate surface area is 84.0 Å². The van der Waals surface area contributed by atoms with E-state index in [1.165, 1.54) is 0 Å². The molecule has 1 saturated carbocycles. The van der Waals surface area contributed by atoms with Crippen LogP contribution in [0.25, 0.3) is 0 Å². The third kappa shape index (κ3) is 2.33. The van der Waals surface area contributed by atoms with E-state index in [2.05, 4.69) is 5.10 Å². The fourth-order valence-corrected chi connectivity index (χ4v) is 1.75. The standard InChI is InChI=1S/C10H17N3O/c11-8-9-6-10(7-9)14-5-4-13-3-1-2-12-13/h1-3,9-10H,4-8,11H2. The summed E-state index contributed by atoms with van der Waals surface area (Å²) in [4.78, 5) is 0. The van der Waals surface area contributed by atoms with Crippen LogP contribution >= 0.6 is 0 Å². The van der Waals surface area contributed by atoms with E-state index < -0.39 is 0 Å². The van der Waals surface area contributed by atoms with Gasteiger partial charge in [-0.05, 0) is 31.4 Å². The number of nitrogens with two attached hydrogens (primary N) is 1. The van der Waals surface area contributed by atoms with Gasteiger partial charge in [-0.2, -0.15) is 5.10 Å². The lowest BCUT2D eigenvalue weighted by Crippen LogP contribution is -2.36. The van der Waals surface area contributed by atoms with Crippen molar-refractivity contribution in [2.45, 2.75) is 25.5 Å². The first-order valence-corrected chi connectivity index (χ1v) is 5.17. The summed E-state index contributed by atoms with van der Waals surface area (Å²) in [6, 6.07) is 1.92. The molecule has 1 aliphatic rings. The van der Waals surface area contributed by atoms with E-state index in [4.69, 9.17) is 10.5 Å². The third-order valence-electron chi connectivity index (χ3n) is 2.76. The zero-order valence-corrected chi connectivity index (χ0v) is 8.30. The van der Waals surface area contributed by atoms with Crippen LogP contribution in [-0.4, -0.2) is 29.0 Å². The summed E-state index contributed by atoms with van der Waals surface area (Å²) < 4.78 is 7.55. The van der Waals surface area contributed by atoms with E-state index in [9.17, 15) is 0 Å². The van der Waals surface area contributed by atoms with Crippen molar-refractivity contribution in [3.05, 3.63) is 18.5 Å². The molecular weight excluding hydrogens is 178 g/mol. The van der Waals surface area contributed by atoms with E-state index in [1.807, 2.05) is 16.9 Å². The molecule has 2 N–H and O–H groups in total. The zero-order valence-electron chi connectivity index (χ0n) is 8.30. The maximum atomic E-state index is 5.67. The van der Waals surface area contributed by atoms with Crippen molar-refractivity contribution in [1.82, 2.24) is 9.78 Å². The first-order chi connectivity index (χ1) is 6.88. The van der Waals surface area contributed by atoms with E-state index >= 15 is 0 Å². The second-order valence-corrected chi connectivity index (χ2v) is 3.84. The van der Waals surface area contributed by atoms with Crippen molar-refractivity contribution in [3.63, 3.8) is 0 Å². The molecule has 1 aromatic rings. The van der Waals surface area contributed by atoms with Gasteiger partial charge in [-0.3, -0.25) is 4.68 Å². The number of hydrogen-bond acceptors (Lipinski definition) is 3. The van der Waals surface area contributed by atoms with Crippen LogP contribution in [0.4, 0.5) is 0 Å². The number of rotatable bonds is 5. The highest BCUT2D eigenvalue weighted by atomic mass is 16.5. The predicted octanol–water partition coefficient (Wildman–Crippen LogP) is 0.637. The first-order valence-electron chi connectivity index (χ1n) is 5.17. The third-order valence-corrected chi connectivity index (χ3v) is 2.76. The molecule has 0 amide bonds. The summed E-state index contributed by atoms with van der Waals surface area (Å²) in [7, 11) is 0. The Hall–Kier alpha value is -0.870. The van der Waals surface area contributed by atoms with E-state index in [1.54, 1.807) is 6.20 Å². The second kappa shape index (κ2) is 4.57. The van der Waals surface area contributed by atoms with Gasteiger partial charge in [-0.25, -0.2) is 0 Å². The minimum Gasteiger partial charge on any atom is -0.376 e. The van der Waals surface area contributed by atoms with Crippen molar-refractivity contribution in [1.29, 1.82) is 0 Å². The highest BCUT2D eigenvalue weighted by Crippen LogP contribution is 2.28. The SMILES string of the molecule is NCC1CC(OCCn2cccn2)C1. The number of hydrogen-bond donors (Lipinski definition) is 1. The molecule has 4 heteroatoms. The lowest BCUT2D eigenvalue weighted by atomic mass is 9.82. The second-order valence-electron chi connectivity index (χ2n) is 3.84. The molecule has 0 saturated heterocycles. The van der Waals surface area contributed by atoms with Gasteiger partial charge in [-0.15, -0.1) is 0 Å². The van der Waals surface area contributed by atoms with Gasteiger partial charge in [0.25, 0.3) is 0 Å². The van der Waals surface area contributed by atoms with E-state index in [-0.39, 0.29) is 0 Å². The molecule has 1 aromatic heterocycles. The van der Waals surface area contributed by atoms with Gasteiger partial charge in [0.15, 0.2) is 0 Å². The highest BCUT2D eigenvalue weighted by molar-refractivity contribution is 4.81. The first kappa shape index (κ1) is 9.68. The van der Waals surface area contributed by atoms with Crippen LogP contribution in [0, 0.1) is 5.92 Å². The molecule has 2 rings (SSSR count). The monoisotopic (exact) mass is 195 g/mol. The molecule has 0 atom stereocenters. The van der Waals surface area contributed by atoms with Gasteiger partial charge in [0, 0.05) is 12.4 Å². The van der Waals surface area contributed by atoms with Crippen molar-refractivity contribution in [2.75, 3.05) is 13.2 Å². The molecule has 0 unspecified atom stereocenters. The number of aromatic nitrogens is 2. The smallest absolute Gasteiger partial charge is 0.0666 e. The Bertz CT molecular complexity index is 254. The maximum absolute atomic E-state index is 5.67. The topological polar surface area (TPSA) is 53.1 Å². The molecule has 78 valence electrons. The summed E-state index contributed by atoms with van der Waals surface area (Å²) in [6.07, 6.45) is 6.45. The lowest BCUT2D eigenvalue weighted by molar-refractivity contribution is -0.0314. The molecule has 0 spiro atoms. The fraction of sp³-hybridized carbons (Fsp3) is 0.700. The van der Waals surface area contributed by atoms with Crippen LogP contribution in [0.2, 0.25) is 0 Å². The summed E-state index contributed by atoms with van der Waals surface area (Å²) in [6.45, 7) is 2.40. The molecule has 0 bridgehead atoms. The summed E-state index contributed by atoms with van der Waals surface area (Å²) >= 11 is 0. The van der Waals surface area contributed by atoms with Crippen LogP contribution in [0.3, 0.4) is 0 Å². The lowest BCUT2D eigenvalue weighted by Gasteiger charge is -2.34. The van der Waals surface area contributed by atoms with Crippen molar-refractivity contribution in [2.24, 2.45) is 11.7 Å². The Morgan fingerprint density at radius 1 is 1.50 bits per heavy atom. The molecule has 4 nitrogen and oxygen atoms in total. The summed E-state index contributed by atoms with van der Waals surface area (Å²) in [5, 5.41) is 4.10. The van der Waals surface area contributed by atoms with Gasteiger partial charge in [0.2, 0.25) is 0 Å². The number of nitrogens with zero attached hydrogens (tertiary/aromatic N) is 2. The van der Waals surface area contributed by atoms with Gasteiger partial charge in [0.05, 0.1) is 19.3 Å². The average molecular weight is 195 g/mol. The van der Waals surface area contributed by atoms with Crippen molar-refractivity contribution < 1.29 is 4.74 Å². The molecule has 1 aliphatic carbocycles. The van der Waals surface area contributed by atoms with Gasteiger partial charge in [-0.1, -0.05) is 0 Å². The molecule has 1 fully saturated rings. The zero-order chi connectivity index (χ0) is 9.80. The van der Waals surface area contributed by atoms with Crippen LogP contribution < -0.4 is 5.73 Å².